The molecule has 17 heavy (non-hydrogen) atoms. The van der Waals surface area contributed by atoms with E-state index in [4.69, 9.17) is 0 Å². The first kappa shape index (κ1) is 12.6. The van der Waals surface area contributed by atoms with Crippen LogP contribution in [0.25, 0.3) is 0 Å². The Labute approximate surface area is 106 Å². The van der Waals surface area contributed by atoms with Crippen molar-refractivity contribution in [2.45, 2.75) is 64.0 Å². The molecule has 0 amide bonds. The van der Waals surface area contributed by atoms with Crippen LogP contribution in [0, 0.1) is 0 Å². The van der Waals surface area contributed by atoms with E-state index in [2.05, 4.69) is 42.6 Å². The van der Waals surface area contributed by atoms with E-state index in [1.165, 1.54) is 50.5 Å². The van der Waals surface area contributed by atoms with Crippen molar-refractivity contribution >= 4 is 0 Å². The SMILES string of the molecule is CCC(Cc1ccccc1)NC1CCCCC1. The summed E-state index contributed by atoms with van der Waals surface area (Å²) in [5, 5.41) is 3.85. The van der Waals surface area contributed by atoms with Crippen LogP contribution in [0.3, 0.4) is 0 Å². The molecule has 0 bridgehead atoms. The molecule has 0 radical (unpaired) electrons. The number of hydrogen-bond donors (Lipinski definition) is 1. The van der Waals surface area contributed by atoms with E-state index in [-0.39, 0.29) is 0 Å². The summed E-state index contributed by atoms with van der Waals surface area (Å²) in [5.74, 6) is 0. The Kier molecular flexibility index (Phi) is 5.06. The molecule has 1 N–H and O–H groups in total. The maximum atomic E-state index is 3.85. The zero-order valence-electron chi connectivity index (χ0n) is 11.0. The van der Waals surface area contributed by atoms with Gasteiger partial charge in [-0.3, -0.25) is 0 Å². The summed E-state index contributed by atoms with van der Waals surface area (Å²) in [7, 11) is 0. The van der Waals surface area contributed by atoms with Crippen LogP contribution in [0.5, 0.6) is 0 Å². The molecule has 94 valence electrons. The Hall–Kier alpha value is -0.820. The number of nitrogens with one attached hydrogen (secondary N) is 1. The van der Waals surface area contributed by atoms with Gasteiger partial charge in [0.2, 0.25) is 0 Å². The van der Waals surface area contributed by atoms with Gasteiger partial charge in [-0.05, 0) is 31.2 Å². The second-order valence-electron chi connectivity index (χ2n) is 5.30. The van der Waals surface area contributed by atoms with E-state index >= 15 is 0 Å². The highest BCUT2D eigenvalue weighted by atomic mass is 14.9. The van der Waals surface area contributed by atoms with Crippen LogP contribution < -0.4 is 5.32 Å². The first-order valence-electron chi connectivity index (χ1n) is 7.18. The van der Waals surface area contributed by atoms with Crippen molar-refractivity contribution in [1.29, 1.82) is 0 Å². The number of benzene rings is 1. The summed E-state index contributed by atoms with van der Waals surface area (Å²) in [6, 6.07) is 12.3. The first-order valence-corrected chi connectivity index (χ1v) is 7.18. The van der Waals surface area contributed by atoms with Gasteiger partial charge in [0.15, 0.2) is 0 Å². The van der Waals surface area contributed by atoms with Crippen LogP contribution in [0.15, 0.2) is 30.3 Å². The Morgan fingerprint density at radius 2 is 1.82 bits per heavy atom. The van der Waals surface area contributed by atoms with E-state index in [0.29, 0.717) is 6.04 Å². The van der Waals surface area contributed by atoms with Crippen molar-refractivity contribution in [2.75, 3.05) is 0 Å². The second-order valence-corrected chi connectivity index (χ2v) is 5.30. The average molecular weight is 231 g/mol. The van der Waals surface area contributed by atoms with Gasteiger partial charge < -0.3 is 5.32 Å². The molecule has 1 unspecified atom stereocenters. The second kappa shape index (κ2) is 6.80. The summed E-state index contributed by atoms with van der Waals surface area (Å²) in [6.45, 7) is 2.30. The fraction of sp³-hybridized carbons (Fsp3) is 0.625. The van der Waals surface area contributed by atoms with Gasteiger partial charge in [-0.15, -0.1) is 0 Å². The molecule has 0 aromatic heterocycles. The zero-order chi connectivity index (χ0) is 11.9. The highest BCUT2D eigenvalue weighted by Gasteiger charge is 2.16. The topological polar surface area (TPSA) is 12.0 Å². The molecule has 0 saturated heterocycles. The quantitative estimate of drug-likeness (QED) is 0.809. The summed E-state index contributed by atoms with van der Waals surface area (Å²) >= 11 is 0. The Balaban J connectivity index is 1.83. The third kappa shape index (κ3) is 4.16. The first-order chi connectivity index (χ1) is 8.38. The third-order valence-electron chi connectivity index (χ3n) is 3.89. The standard InChI is InChI=1S/C16H25N/c1-2-15(13-14-9-5-3-6-10-14)17-16-11-7-4-8-12-16/h3,5-6,9-10,15-17H,2,4,7-8,11-13H2,1H3. The molecular weight excluding hydrogens is 206 g/mol. The fourth-order valence-corrected chi connectivity index (χ4v) is 2.82. The molecule has 1 atom stereocenters. The average Bonchev–Trinajstić information content (AvgIpc) is 2.40. The molecule has 0 heterocycles. The lowest BCUT2D eigenvalue weighted by molar-refractivity contribution is 0.330. The molecule has 1 aliphatic rings. The normalized spacial score (nSPS) is 19.1. The lowest BCUT2D eigenvalue weighted by Crippen LogP contribution is -2.40. The molecule has 2 rings (SSSR count). The number of hydrogen-bond acceptors (Lipinski definition) is 1. The minimum atomic E-state index is 0.653. The summed E-state index contributed by atoms with van der Waals surface area (Å²) in [6.07, 6.45) is 9.43. The molecule has 1 aromatic rings. The van der Waals surface area contributed by atoms with Crippen LogP contribution in [-0.4, -0.2) is 12.1 Å². The van der Waals surface area contributed by atoms with E-state index < -0.39 is 0 Å². The lowest BCUT2D eigenvalue weighted by Gasteiger charge is -2.28. The molecule has 1 fully saturated rings. The molecule has 1 aliphatic carbocycles. The van der Waals surface area contributed by atoms with Crippen molar-refractivity contribution in [3.05, 3.63) is 35.9 Å². The minimum absolute atomic E-state index is 0.653. The summed E-state index contributed by atoms with van der Waals surface area (Å²) in [4.78, 5) is 0. The van der Waals surface area contributed by atoms with E-state index in [1.54, 1.807) is 0 Å². The van der Waals surface area contributed by atoms with Gasteiger partial charge in [-0.2, -0.15) is 0 Å². The third-order valence-corrected chi connectivity index (χ3v) is 3.89. The summed E-state index contributed by atoms with van der Waals surface area (Å²) < 4.78 is 0. The Morgan fingerprint density at radius 1 is 1.12 bits per heavy atom. The zero-order valence-corrected chi connectivity index (χ0v) is 11.0. The molecule has 1 aromatic carbocycles. The molecule has 0 aliphatic heterocycles. The van der Waals surface area contributed by atoms with E-state index in [9.17, 15) is 0 Å². The van der Waals surface area contributed by atoms with Crippen LogP contribution in [0.2, 0.25) is 0 Å². The maximum absolute atomic E-state index is 3.85. The predicted molar refractivity (Wildman–Crippen MR) is 74.2 cm³/mol. The lowest BCUT2D eigenvalue weighted by atomic mass is 9.93. The van der Waals surface area contributed by atoms with Gasteiger partial charge in [0.1, 0.15) is 0 Å². The van der Waals surface area contributed by atoms with Crippen molar-refractivity contribution in [2.24, 2.45) is 0 Å². The van der Waals surface area contributed by atoms with Gasteiger partial charge in [0.25, 0.3) is 0 Å². The van der Waals surface area contributed by atoms with Crippen molar-refractivity contribution in [3.8, 4) is 0 Å². The van der Waals surface area contributed by atoms with Crippen molar-refractivity contribution in [1.82, 2.24) is 5.32 Å². The van der Waals surface area contributed by atoms with Gasteiger partial charge >= 0.3 is 0 Å². The molecule has 0 spiro atoms. The van der Waals surface area contributed by atoms with Crippen LogP contribution in [0.4, 0.5) is 0 Å². The monoisotopic (exact) mass is 231 g/mol. The van der Waals surface area contributed by atoms with Gasteiger partial charge in [-0.1, -0.05) is 56.5 Å². The summed E-state index contributed by atoms with van der Waals surface area (Å²) in [5.41, 5.74) is 1.46. The van der Waals surface area contributed by atoms with Crippen LogP contribution >= 0.6 is 0 Å². The van der Waals surface area contributed by atoms with E-state index in [1.807, 2.05) is 0 Å². The fourth-order valence-electron chi connectivity index (χ4n) is 2.82. The largest absolute Gasteiger partial charge is 0.311 e. The van der Waals surface area contributed by atoms with Gasteiger partial charge in [0, 0.05) is 12.1 Å². The highest BCUT2D eigenvalue weighted by Crippen LogP contribution is 2.19. The van der Waals surface area contributed by atoms with E-state index in [0.717, 1.165) is 6.04 Å². The Bertz CT molecular complexity index is 301. The van der Waals surface area contributed by atoms with Crippen LogP contribution in [-0.2, 0) is 6.42 Å². The highest BCUT2D eigenvalue weighted by molar-refractivity contribution is 5.15. The molecular formula is C16H25N. The van der Waals surface area contributed by atoms with Crippen LogP contribution in [0.1, 0.15) is 51.0 Å². The smallest absolute Gasteiger partial charge is 0.0107 e. The number of rotatable bonds is 5. The van der Waals surface area contributed by atoms with Crippen molar-refractivity contribution in [3.63, 3.8) is 0 Å². The Morgan fingerprint density at radius 3 is 2.47 bits per heavy atom. The van der Waals surface area contributed by atoms with Crippen molar-refractivity contribution < 1.29 is 0 Å². The molecule has 1 heteroatoms. The maximum Gasteiger partial charge on any atom is 0.0107 e. The van der Waals surface area contributed by atoms with Gasteiger partial charge in [-0.25, -0.2) is 0 Å². The van der Waals surface area contributed by atoms with Gasteiger partial charge in [0.05, 0.1) is 0 Å². The molecule has 1 nitrogen and oxygen atoms in total. The molecule has 1 saturated carbocycles. The minimum Gasteiger partial charge on any atom is -0.311 e. The predicted octanol–water partition coefficient (Wildman–Crippen LogP) is 3.93.